The van der Waals surface area contributed by atoms with Crippen molar-refractivity contribution in [2.24, 2.45) is 4.99 Å². The number of nitrogens with zero attached hydrogens (tertiary/aromatic N) is 1. The van der Waals surface area contributed by atoms with E-state index in [9.17, 15) is 4.79 Å². The molecule has 0 N–H and O–H groups in total. The van der Waals surface area contributed by atoms with E-state index in [2.05, 4.69) is 6.58 Å². The summed E-state index contributed by atoms with van der Waals surface area (Å²) in [6.07, 6.45) is 6.68. The number of benzene rings is 2. The van der Waals surface area contributed by atoms with Crippen molar-refractivity contribution in [3.8, 4) is 0 Å². The summed E-state index contributed by atoms with van der Waals surface area (Å²) in [6, 6.07) is 13.5. The molecule has 0 atom stereocenters. The second-order valence-electron chi connectivity index (χ2n) is 5.45. The first kappa shape index (κ1) is 18.7. The van der Waals surface area contributed by atoms with Gasteiger partial charge in [-0.2, -0.15) is 0 Å². The molecule has 2 aromatic carbocycles. The van der Waals surface area contributed by atoms with Gasteiger partial charge in [0.2, 0.25) is 0 Å². The van der Waals surface area contributed by atoms with E-state index in [1.165, 1.54) is 0 Å². The third-order valence-electron chi connectivity index (χ3n) is 3.73. The Labute approximate surface area is 166 Å². The minimum absolute atomic E-state index is 0.361. The quantitative estimate of drug-likeness (QED) is 0.538. The first-order valence-corrected chi connectivity index (χ1v) is 9.49. The predicted octanol–water partition coefficient (Wildman–Crippen LogP) is 6.48. The lowest BCUT2D eigenvalue weighted by atomic mass is 10.0. The minimum Gasteiger partial charge on any atom is -0.303 e. The topological polar surface area (TPSA) is 29.4 Å². The molecule has 0 radical (unpaired) electrons. The molecule has 3 rings (SSSR count). The number of hydrogen-bond acceptors (Lipinski definition) is 3. The maximum atomic E-state index is 10.6. The van der Waals surface area contributed by atoms with Gasteiger partial charge in [0.25, 0.3) is 0 Å². The van der Waals surface area contributed by atoms with E-state index in [0.717, 1.165) is 38.6 Å². The normalized spacial score (nSPS) is 14.0. The van der Waals surface area contributed by atoms with Gasteiger partial charge in [-0.1, -0.05) is 71.9 Å². The van der Waals surface area contributed by atoms with E-state index in [1.807, 2.05) is 48.6 Å². The number of carbonyl (C=O) groups excluding carboxylic acids is 1. The van der Waals surface area contributed by atoms with Crippen LogP contribution in [0.5, 0.6) is 0 Å². The Hall–Kier alpha value is -2.07. The van der Waals surface area contributed by atoms with Gasteiger partial charge in [0.05, 0.1) is 21.5 Å². The van der Waals surface area contributed by atoms with Crippen molar-refractivity contribution in [3.63, 3.8) is 0 Å². The van der Waals surface area contributed by atoms with Crippen molar-refractivity contribution >= 4 is 47.0 Å². The molecule has 0 saturated heterocycles. The highest BCUT2D eigenvalue weighted by Gasteiger charge is 2.19. The molecule has 1 aliphatic heterocycles. The number of thioether (sulfide) groups is 1. The van der Waals surface area contributed by atoms with Crippen LogP contribution in [0.1, 0.15) is 17.5 Å². The third-order valence-corrected chi connectivity index (χ3v) is 5.61. The van der Waals surface area contributed by atoms with Crippen molar-refractivity contribution in [2.45, 2.75) is 11.3 Å². The lowest BCUT2D eigenvalue weighted by Crippen LogP contribution is -2.04. The van der Waals surface area contributed by atoms with Crippen molar-refractivity contribution in [1.29, 1.82) is 0 Å². The van der Waals surface area contributed by atoms with Crippen LogP contribution in [0.4, 0.5) is 0 Å². The summed E-state index contributed by atoms with van der Waals surface area (Å²) in [5.74, 6) is 0. The van der Waals surface area contributed by atoms with Crippen LogP contribution in [0.25, 0.3) is 0 Å². The molecule has 0 bridgehead atoms. The van der Waals surface area contributed by atoms with Crippen LogP contribution < -0.4 is 0 Å². The third kappa shape index (κ3) is 4.01. The molecule has 0 spiro atoms. The Kier molecular flexibility index (Phi) is 6.15. The van der Waals surface area contributed by atoms with Crippen LogP contribution in [0.15, 0.2) is 87.8 Å². The first-order chi connectivity index (χ1) is 12.6. The number of rotatable bonds is 5. The lowest BCUT2D eigenvalue weighted by molar-refractivity contribution is -0.107. The molecular weight excluding hydrogens is 385 g/mol. The molecule has 0 saturated carbocycles. The summed E-state index contributed by atoms with van der Waals surface area (Å²) in [5, 5.41) is 0.987. The van der Waals surface area contributed by atoms with E-state index < -0.39 is 0 Å². The Balaban J connectivity index is 2.20. The molecule has 0 aliphatic carbocycles. The van der Waals surface area contributed by atoms with Gasteiger partial charge in [-0.3, -0.25) is 0 Å². The van der Waals surface area contributed by atoms with Crippen LogP contribution in [0.2, 0.25) is 10.0 Å². The van der Waals surface area contributed by atoms with Gasteiger partial charge in [-0.15, -0.1) is 0 Å². The van der Waals surface area contributed by atoms with Gasteiger partial charge >= 0.3 is 0 Å². The molecule has 1 heterocycles. The summed E-state index contributed by atoms with van der Waals surface area (Å²) in [4.78, 5) is 17.5. The highest BCUT2D eigenvalue weighted by atomic mass is 35.5. The summed E-state index contributed by atoms with van der Waals surface area (Å²) in [7, 11) is 0. The highest BCUT2D eigenvalue weighted by molar-refractivity contribution is 8.03. The SMILES string of the molecule is C=CC1=C(/C=C\CC=O)Sc2ccccc2C(c2ccc(Cl)c(Cl)c2)=N1. The van der Waals surface area contributed by atoms with Crippen LogP contribution in [-0.2, 0) is 4.79 Å². The number of halogens is 2. The van der Waals surface area contributed by atoms with Gasteiger partial charge in [0.1, 0.15) is 6.29 Å². The van der Waals surface area contributed by atoms with Crippen LogP contribution in [0, 0.1) is 0 Å². The molecule has 0 fully saturated rings. The minimum atomic E-state index is 0.361. The van der Waals surface area contributed by atoms with Crippen molar-refractivity contribution in [2.75, 3.05) is 0 Å². The fourth-order valence-electron chi connectivity index (χ4n) is 2.52. The number of aliphatic imine (C=N–C) groups is 1. The second-order valence-corrected chi connectivity index (χ2v) is 7.34. The second kappa shape index (κ2) is 8.54. The monoisotopic (exact) mass is 399 g/mol. The molecule has 0 unspecified atom stereocenters. The van der Waals surface area contributed by atoms with Gasteiger partial charge in [-0.25, -0.2) is 4.99 Å². The van der Waals surface area contributed by atoms with E-state index >= 15 is 0 Å². The summed E-state index contributed by atoms with van der Waals surface area (Å²) in [5.41, 5.74) is 3.44. The molecule has 130 valence electrons. The maximum Gasteiger partial charge on any atom is 0.123 e. The number of fused-ring (bicyclic) bond motifs is 1. The summed E-state index contributed by atoms with van der Waals surface area (Å²) < 4.78 is 0. The van der Waals surface area contributed by atoms with Gasteiger partial charge < -0.3 is 4.79 Å². The molecule has 1 aliphatic rings. The van der Waals surface area contributed by atoms with E-state index in [0.29, 0.717) is 16.5 Å². The zero-order chi connectivity index (χ0) is 18.5. The number of allylic oxidation sites excluding steroid dienone is 3. The van der Waals surface area contributed by atoms with Gasteiger partial charge in [0, 0.05) is 27.3 Å². The molecule has 26 heavy (non-hydrogen) atoms. The first-order valence-electron chi connectivity index (χ1n) is 7.92. The van der Waals surface area contributed by atoms with Crippen molar-refractivity contribution < 1.29 is 4.79 Å². The average molecular weight is 400 g/mol. The molecule has 2 nitrogen and oxygen atoms in total. The zero-order valence-electron chi connectivity index (χ0n) is 13.8. The lowest BCUT2D eigenvalue weighted by Gasteiger charge is -2.10. The van der Waals surface area contributed by atoms with E-state index in [-0.39, 0.29) is 0 Å². The largest absolute Gasteiger partial charge is 0.303 e. The zero-order valence-corrected chi connectivity index (χ0v) is 16.1. The van der Waals surface area contributed by atoms with Crippen molar-refractivity contribution in [1.82, 2.24) is 0 Å². The Morgan fingerprint density at radius 1 is 1.12 bits per heavy atom. The summed E-state index contributed by atoms with van der Waals surface area (Å²) in [6.45, 7) is 3.90. The molecule has 0 aromatic heterocycles. The van der Waals surface area contributed by atoms with Crippen molar-refractivity contribution in [3.05, 3.63) is 99.0 Å². The Morgan fingerprint density at radius 3 is 2.65 bits per heavy atom. The van der Waals surface area contributed by atoms with Crippen LogP contribution in [0.3, 0.4) is 0 Å². The smallest absolute Gasteiger partial charge is 0.123 e. The average Bonchev–Trinajstić information content (AvgIpc) is 2.81. The Morgan fingerprint density at radius 2 is 1.92 bits per heavy atom. The molecule has 2 aromatic rings. The highest BCUT2D eigenvalue weighted by Crippen LogP contribution is 2.38. The maximum absolute atomic E-state index is 10.6. The van der Waals surface area contributed by atoms with E-state index in [1.54, 1.807) is 23.9 Å². The number of carbonyl (C=O) groups is 1. The van der Waals surface area contributed by atoms with Gasteiger partial charge in [-0.05, 0) is 30.4 Å². The van der Waals surface area contributed by atoms with Gasteiger partial charge in [0.15, 0.2) is 0 Å². The summed E-state index contributed by atoms with van der Waals surface area (Å²) >= 11 is 13.9. The number of hydrogen-bond donors (Lipinski definition) is 0. The van der Waals surface area contributed by atoms with Crippen LogP contribution in [-0.4, -0.2) is 12.0 Å². The number of aldehydes is 1. The molecule has 0 amide bonds. The molecular formula is C21H15Cl2NOS. The standard InChI is InChI=1S/C21H15Cl2NOS/c1-2-18-20(9-5-6-12-25)26-19-8-4-3-7-15(19)21(24-18)14-10-11-16(22)17(23)13-14/h2-5,7-13H,1,6H2/b9-5-. The van der Waals surface area contributed by atoms with E-state index in [4.69, 9.17) is 28.2 Å². The Bertz CT molecular complexity index is 960. The van der Waals surface area contributed by atoms with Crippen LogP contribution >= 0.6 is 35.0 Å². The molecule has 5 heteroatoms. The fraction of sp³-hybridized carbons (Fsp3) is 0.0476. The predicted molar refractivity (Wildman–Crippen MR) is 111 cm³/mol. The fourth-order valence-corrected chi connectivity index (χ4v) is 3.87.